The molecule has 0 radical (unpaired) electrons. The Hall–Kier alpha value is -2.60. The number of hydrogen-bond acceptors (Lipinski definition) is 6. The standard InChI is InChI=1S/C15H15F6N5O2/c16-14(17,18)6-22-12(27)9-5-13(28-25-9)2-1-3-26(7-13)11-4-10(15(19,20)21)23-8-24-11/h4,8H,1-3,5-7H2,(H,22,27). The first-order valence-electron chi connectivity index (χ1n) is 8.22. The van der Waals surface area contributed by atoms with E-state index in [4.69, 9.17) is 4.84 Å². The minimum atomic E-state index is -4.62. The number of carbonyl (C=O) groups excluding carboxylic acids is 1. The van der Waals surface area contributed by atoms with Gasteiger partial charge in [-0.25, -0.2) is 9.97 Å². The lowest BCUT2D eigenvalue weighted by molar-refractivity contribution is -0.141. The second-order valence-electron chi connectivity index (χ2n) is 6.57. The molecule has 2 aliphatic rings. The molecule has 1 aromatic heterocycles. The molecule has 1 spiro atoms. The van der Waals surface area contributed by atoms with Crippen LogP contribution in [0, 0.1) is 0 Å². The van der Waals surface area contributed by atoms with Gasteiger partial charge in [-0.05, 0) is 12.8 Å². The normalized spacial score (nSPS) is 22.8. The molecule has 0 aliphatic carbocycles. The number of carbonyl (C=O) groups is 1. The zero-order valence-corrected chi connectivity index (χ0v) is 14.3. The van der Waals surface area contributed by atoms with Crippen molar-refractivity contribution < 1.29 is 36.0 Å². The Morgan fingerprint density at radius 2 is 2.00 bits per heavy atom. The molecule has 0 saturated carbocycles. The van der Waals surface area contributed by atoms with Crippen LogP contribution in [0.4, 0.5) is 32.2 Å². The average Bonchev–Trinajstić information content (AvgIpc) is 3.02. The fourth-order valence-corrected chi connectivity index (χ4v) is 3.11. The first-order chi connectivity index (χ1) is 13.0. The molecule has 1 N–H and O–H groups in total. The summed E-state index contributed by atoms with van der Waals surface area (Å²) < 4.78 is 75.2. The maximum atomic E-state index is 12.8. The largest absolute Gasteiger partial charge is 0.433 e. The quantitative estimate of drug-likeness (QED) is 0.773. The highest BCUT2D eigenvalue weighted by Crippen LogP contribution is 2.36. The SMILES string of the molecule is O=C(NCC(F)(F)F)C1=NOC2(CCCN(c3cc(C(F)(F)F)ncn3)C2)C1. The van der Waals surface area contributed by atoms with Gasteiger partial charge in [0.1, 0.15) is 30.1 Å². The summed E-state index contributed by atoms with van der Waals surface area (Å²) in [5.74, 6) is -0.951. The number of hydrogen-bond donors (Lipinski definition) is 1. The number of nitrogens with zero attached hydrogens (tertiary/aromatic N) is 4. The number of piperidine rings is 1. The summed E-state index contributed by atoms with van der Waals surface area (Å²) in [5.41, 5.74) is -2.29. The zero-order chi connectivity index (χ0) is 20.6. The molecule has 0 aromatic carbocycles. The Balaban J connectivity index is 1.67. The summed E-state index contributed by atoms with van der Waals surface area (Å²) in [6.45, 7) is -1.01. The van der Waals surface area contributed by atoms with Gasteiger partial charge in [-0.3, -0.25) is 4.79 Å². The highest BCUT2D eigenvalue weighted by Gasteiger charge is 2.45. The Kier molecular flexibility index (Phi) is 5.10. The molecular formula is C15H15F6N5O2. The van der Waals surface area contributed by atoms with Gasteiger partial charge in [0.05, 0.1) is 6.54 Å². The summed E-state index contributed by atoms with van der Waals surface area (Å²) >= 11 is 0. The highest BCUT2D eigenvalue weighted by molar-refractivity contribution is 6.39. The summed E-state index contributed by atoms with van der Waals surface area (Å²) in [6, 6.07) is 0.811. The second-order valence-corrected chi connectivity index (χ2v) is 6.57. The number of rotatable bonds is 3. The smallest absolute Gasteiger partial charge is 0.386 e. The molecule has 0 bridgehead atoms. The van der Waals surface area contributed by atoms with Gasteiger partial charge in [0.2, 0.25) is 0 Å². The van der Waals surface area contributed by atoms with Gasteiger partial charge in [-0.15, -0.1) is 0 Å². The van der Waals surface area contributed by atoms with E-state index in [1.807, 2.05) is 0 Å². The van der Waals surface area contributed by atoms with E-state index < -0.39 is 36.1 Å². The second kappa shape index (κ2) is 7.09. The fourth-order valence-electron chi connectivity index (χ4n) is 3.11. The van der Waals surface area contributed by atoms with Crippen molar-refractivity contribution in [3.63, 3.8) is 0 Å². The Morgan fingerprint density at radius 3 is 2.68 bits per heavy atom. The lowest BCUT2D eigenvalue weighted by Crippen LogP contribution is -2.49. The van der Waals surface area contributed by atoms with E-state index in [1.165, 1.54) is 0 Å². The van der Waals surface area contributed by atoms with E-state index in [0.29, 0.717) is 19.4 Å². The average molecular weight is 411 g/mol. The maximum absolute atomic E-state index is 12.8. The number of aromatic nitrogens is 2. The predicted octanol–water partition coefficient (Wildman–Crippen LogP) is 2.29. The molecule has 13 heteroatoms. The number of amides is 1. The van der Waals surface area contributed by atoms with Gasteiger partial charge in [0.15, 0.2) is 5.60 Å². The predicted molar refractivity (Wildman–Crippen MR) is 83.4 cm³/mol. The molecule has 1 atom stereocenters. The van der Waals surface area contributed by atoms with E-state index in [9.17, 15) is 31.1 Å². The molecule has 28 heavy (non-hydrogen) atoms. The topological polar surface area (TPSA) is 79.7 Å². The van der Waals surface area contributed by atoms with Crippen LogP contribution in [-0.4, -0.2) is 53.0 Å². The van der Waals surface area contributed by atoms with E-state index in [-0.39, 0.29) is 24.5 Å². The van der Waals surface area contributed by atoms with Gasteiger partial charge in [-0.1, -0.05) is 5.16 Å². The van der Waals surface area contributed by atoms with Crippen LogP contribution in [0.15, 0.2) is 17.5 Å². The molecule has 154 valence electrons. The number of nitrogens with one attached hydrogen (secondary N) is 1. The molecule has 3 rings (SSSR count). The number of anilines is 1. The Morgan fingerprint density at radius 1 is 1.25 bits per heavy atom. The third-order valence-corrected chi connectivity index (χ3v) is 4.36. The molecule has 1 fully saturated rings. The first-order valence-corrected chi connectivity index (χ1v) is 8.22. The summed E-state index contributed by atoms with van der Waals surface area (Å²) in [4.78, 5) is 25.8. The van der Waals surface area contributed by atoms with Crippen molar-refractivity contribution in [1.29, 1.82) is 0 Å². The van der Waals surface area contributed by atoms with Crippen LogP contribution in [0.1, 0.15) is 25.0 Å². The minimum Gasteiger partial charge on any atom is -0.386 e. The lowest BCUT2D eigenvalue weighted by atomic mass is 9.88. The van der Waals surface area contributed by atoms with Gasteiger partial charge in [-0.2, -0.15) is 26.3 Å². The monoisotopic (exact) mass is 411 g/mol. The minimum absolute atomic E-state index is 0.0416. The molecule has 1 aromatic rings. The van der Waals surface area contributed by atoms with Crippen molar-refractivity contribution in [2.75, 3.05) is 24.5 Å². The van der Waals surface area contributed by atoms with Crippen molar-refractivity contribution in [3.8, 4) is 0 Å². The molecule has 1 amide bonds. The molecule has 1 saturated heterocycles. The number of oxime groups is 1. The van der Waals surface area contributed by atoms with E-state index in [2.05, 4.69) is 15.1 Å². The molecular weight excluding hydrogens is 396 g/mol. The number of alkyl halides is 6. The molecule has 1 unspecified atom stereocenters. The highest BCUT2D eigenvalue weighted by atomic mass is 19.4. The van der Waals surface area contributed by atoms with Crippen molar-refractivity contribution in [3.05, 3.63) is 18.1 Å². The summed E-state index contributed by atoms with van der Waals surface area (Å²) in [6.07, 6.45) is -7.47. The van der Waals surface area contributed by atoms with Crippen LogP contribution >= 0.6 is 0 Å². The Labute approximate surface area is 154 Å². The summed E-state index contributed by atoms with van der Waals surface area (Å²) in [5, 5.41) is 5.32. The van der Waals surface area contributed by atoms with Crippen molar-refractivity contribution in [1.82, 2.24) is 15.3 Å². The van der Waals surface area contributed by atoms with Crippen LogP contribution < -0.4 is 10.2 Å². The first kappa shape index (κ1) is 20.1. The maximum Gasteiger partial charge on any atom is 0.433 e. The fraction of sp³-hybridized carbons (Fsp3) is 0.600. The van der Waals surface area contributed by atoms with Crippen molar-refractivity contribution in [2.24, 2.45) is 5.16 Å². The van der Waals surface area contributed by atoms with Crippen LogP contribution in [-0.2, 0) is 15.8 Å². The van der Waals surface area contributed by atoms with Crippen LogP contribution in [0.5, 0.6) is 0 Å². The van der Waals surface area contributed by atoms with Crippen LogP contribution in [0.2, 0.25) is 0 Å². The lowest BCUT2D eigenvalue weighted by Gasteiger charge is -2.38. The zero-order valence-electron chi connectivity index (χ0n) is 14.3. The Bertz CT molecular complexity index is 781. The number of halogens is 6. The van der Waals surface area contributed by atoms with Crippen LogP contribution in [0.25, 0.3) is 0 Å². The van der Waals surface area contributed by atoms with Gasteiger partial charge in [0.25, 0.3) is 5.91 Å². The molecule has 7 nitrogen and oxygen atoms in total. The van der Waals surface area contributed by atoms with E-state index in [0.717, 1.165) is 12.4 Å². The van der Waals surface area contributed by atoms with Gasteiger partial charge in [0, 0.05) is 19.0 Å². The third kappa shape index (κ3) is 4.62. The van der Waals surface area contributed by atoms with Gasteiger partial charge >= 0.3 is 12.4 Å². The molecule has 3 heterocycles. The third-order valence-electron chi connectivity index (χ3n) is 4.36. The van der Waals surface area contributed by atoms with E-state index >= 15 is 0 Å². The van der Waals surface area contributed by atoms with Crippen LogP contribution in [0.3, 0.4) is 0 Å². The van der Waals surface area contributed by atoms with E-state index in [1.54, 1.807) is 10.2 Å². The van der Waals surface area contributed by atoms with Gasteiger partial charge < -0.3 is 15.1 Å². The molecule has 2 aliphatic heterocycles. The summed E-state index contributed by atoms with van der Waals surface area (Å²) in [7, 11) is 0. The van der Waals surface area contributed by atoms with Crippen molar-refractivity contribution in [2.45, 2.75) is 37.2 Å². The van der Waals surface area contributed by atoms with Crippen molar-refractivity contribution >= 4 is 17.4 Å².